The second-order valence-corrected chi connectivity index (χ2v) is 6.32. The first-order valence-electron chi connectivity index (χ1n) is 7.52. The van der Waals surface area contributed by atoms with E-state index in [4.69, 9.17) is 14.2 Å². The number of nitrogens with zero attached hydrogens (tertiary/aromatic N) is 2. The predicted molar refractivity (Wildman–Crippen MR) is 82.2 cm³/mol. The number of carbonyl (C=O) groups is 1. The number of likely N-dealkylation sites (tertiary alicyclic amines) is 1. The molecule has 6 nitrogen and oxygen atoms in total. The van der Waals surface area contributed by atoms with Crippen LogP contribution in [-0.4, -0.2) is 47.9 Å². The first kappa shape index (κ1) is 16.4. The highest BCUT2D eigenvalue weighted by Gasteiger charge is 2.27. The Morgan fingerprint density at radius 2 is 2.00 bits per heavy atom. The number of aromatic nitrogens is 1. The Hall–Kier alpha value is -1.98. The molecule has 1 aromatic heterocycles. The van der Waals surface area contributed by atoms with Gasteiger partial charge in [-0.05, 0) is 26.8 Å². The van der Waals surface area contributed by atoms with E-state index in [1.54, 1.807) is 30.3 Å². The van der Waals surface area contributed by atoms with Crippen molar-refractivity contribution in [3.8, 4) is 11.6 Å². The van der Waals surface area contributed by atoms with Gasteiger partial charge in [0, 0.05) is 38.2 Å². The van der Waals surface area contributed by atoms with Crippen LogP contribution >= 0.6 is 0 Å². The summed E-state index contributed by atoms with van der Waals surface area (Å²) >= 11 is 0. The fourth-order valence-corrected chi connectivity index (χ4v) is 2.24. The van der Waals surface area contributed by atoms with Crippen LogP contribution < -0.4 is 9.47 Å². The number of piperidine rings is 1. The lowest BCUT2D eigenvalue weighted by Crippen LogP contribution is -2.44. The van der Waals surface area contributed by atoms with Crippen molar-refractivity contribution in [2.75, 3.05) is 20.2 Å². The van der Waals surface area contributed by atoms with Gasteiger partial charge in [-0.3, -0.25) is 0 Å². The smallest absolute Gasteiger partial charge is 0.410 e. The van der Waals surface area contributed by atoms with Gasteiger partial charge < -0.3 is 19.1 Å². The molecule has 0 unspecified atom stereocenters. The molecule has 0 atom stereocenters. The van der Waals surface area contributed by atoms with Crippen molar-refractivity contribution in [2.45, 2.75) is 45.3 Å². The van der Waals surface area contributed by atoms with E-state index in [0.29, 0.717) is 19.0 Å². The zero-order valence-electron chi connectivity index (χ0n) is 13.7. The van der Waals surface area contributed by atoms with Gasteiger partial charge in [0.1, 0.15) is 17.5 Å². The maximum Gasteiger partial charge on any atom is 0.410 e. The second-order valence-electron chi connectivity index (χ2n) is 6.32. The molecule has 1 aliphatic heterocycles. The van der Waals surface area contributed by atoms with Crippen LogP contribution in [0.2, 0.25) is 0 Å². The number of pyridine rings is 1. The van der Waals surface area contributed by atoms with E-state index >= 15 is 0 Å². The molecule has 0 saturated carbocycles. The van der Waals surface area contributed by atoms with Gasteiger partial charge in [-0.2, -0.15) is 0 Å². The summed E-state index contributed by atoms with van der Waals surface area (Å²) < 4.78 is 16.4. The first-order chi connectivity index (χ1) is 10.4. The van der Waals surface area contributed by atoms with Crippen LogP contribution in [0.3, 0.4) is 0 Å². The van der Waals surface area contributed by atoms with Crippen LogP contribution in [0, 0.1) is 0 Å². The molecule has 0 spiro atoms. The van der Waals surface area contributed by atoms with E-state index in [1.807, 2.05) is 20.8 Å². The van der Waals surface area contributed by atoms with E-state index in [9.17, 15) is 4.79 Å². The lowest BCUT2D eigenvalue weighted by Gasteiger charge is -2.33. The largest absolute Gasteiger partial charge is 0.497 e. The minimum Gasteiger partial charge on any atom is -0.497 e. The molecule has 22 heavy (non-hydrogen) atoms. The highest BCUT2D eigenvalue weighted by Crippen LogP contribution is 2.21. The summed E-state index contributed by atoms with van der Waals surface area (Å²) in [7, 11) is 1.61. The van der Waals surface area contributed by atoms with Crippen LogP contribution in [0.25, 0.3) is 0 Å². The molecule has 6 heteroatoms. The van der Waals surface area contributed by atoms with E-state index in [2.05, 4.69) is 4.98 Å². The van der Waals surface area contributed by atoms with Crippen molar-refractivity contribution in [3.05, 3.63) is 18.3 Å². The van der Waals surface area contributed by atoms with Gasteiger partial charge in [-0.1, -0.05) is 0 Å². The van der Waals surface area contributed by atoms with Crippen LogP contribution in [-0.2, 0) is 4.74 Å². The highest BCUT2D eigenvalue weighted by atomic mass is 16.6. The van der Waals surface area contributed by atoms with Gasteiger partial charge in [0.25, 0.3) is 0 Å². The zero-order chi connectivity index (χ0) is 16.2. The summed E-state index contributed by atoms with van der Waals surface area (Å²) in [6.07, 6.45) is 2.98. The molecule has 0 N–H and O–H groups in total. The van der Waals surface area contributed by atoms with E-state index < -0.39 is 5.60 Å². The van der Waals surface area contributed by atoms with Crippen molar-refractivity contribution >= 4 is 6.09 Å². The molecule has 0 radical (unpaired) electrons. The summed E-state index contributed by atoms with van der Waals surface area (Å²) in [5.74, 6) is 1.27. The maximum absolute atomic E-state index is 12.0. The summed E-state index contributed by atoms with van der Waals surface area (Å²) in [5, 5.41) is 0. The van der Waals surface area contributed by atoms with Crippen LogP contribution in [0.4, 0.5) is 4.79 Å². The van der Waals surface area contributed by atoms with Crippen molar-refractivity contribution < 1.29 is 19.0 Å². The molecule has 0 aromatic carbocycles. The molecule has 1 fully saturated rings. The monoisotopic (exact) mass is 308 g/mol. The Morgan fingerprint density at radius 1 is 1.32 bits per heavy atom. The highest BCUT2D eigenvalue weighted by molar-refractivity contribution is 5.68. The topological polar surface area (TPSA) is 60.9 Å². The van der Waals surface area contributed by atoms with Crippen molar-refractivity contribution in [3.63, 3.8) is 0 Å². The van der Waals surface area contributed by atoms with Crippen molar-refractivity contribution in [1.29, 1.82) is 0 Å². The molecule has 1 saturated heterocycles. The van der Waals surface area contributed by atoms with Gasteiger partial charge in [0.05, 0.1) is 7.11 Å². The van der Waals surface area contributed by atoms with Crippen LogP contribution in [0.5, 0.6) is 11.6 Å². The molecule has 1 aromatic rings. The zero-order valence-corrected chi connectivity index (χ0v) is 13.7. The standard InChI is InChI=1S/C16H24N2O4/c1-16(2,3)22-15(19)18-9-6-12(7-10-18)21-14-11-13(20-4)5-8-17-14/h5,8,11-12H,6-7,9-10H2,1-4H3. The van der Waals surface area contributed by atoms with Gasteiger partial charge in [0.15, 0.2) is 0 Å². The lowest BCUT2D eigenvalue weighted by atomic mass is 10.1. The third-order valence-corrected chi connectivity index (χ3v) is 3.32. The number of rotatable bonds is 3. The molecule has 122 valence electrons. The van der Waals surface area contributed by atoms with Crippen LogP contribution in [0.15, 0.2) is 18.3 Å². The Kier molecular flexibility index (Phi) is 5.11. The number of hydrogen-bond acceptors (Lipinski definition) is 5. The van der Waals surface area contributed by atoms with Crippen molar-refractivity contribution in [1.82, 2.24) is 9.88 Å². The number of methoxy groups -OCH3 is 1. The Balaban J connectivity index is 1.83. The molecular formula is C16H24N2O4. The molecule has 2 heterocycles. The van der Waals surface area contributed by atoms with Crippen molar-refractivity contribution in [2.24, 2.45) is 0 Å². The average molecular weight is 308 g/mol. The Labute approximate surface area is 131 Å². The van der Waals surface area contributed by atoms with Gasteiger partial charge in [-0.25, -0.2) is 9.78 Å². The summed E-state index contributed by atoms with van der Waals surface area (Å²) in [6.45, 7) is 6.87. The molecule has 1 amide bonds. The normalized spacial score (nSPS) is 16.3. The van der Waals surface area contributed by atoms with Gasteiger partial charge in [-0.15, -0.1) is 0 Å². The molecule has 2 rings (SSSR count). The molecule has 0 bridgehead atoms. The maximum atomic E-state index is 12.0. The third kappa shape index (κ3) is 4.79. The average Bonchev–Trinajstić information content (AvgIpc) is 2.46. The third-order valence-electron chi connectivity index (χ3n) is 3.32. The Bertz CT molecular complexity index is 505. The minimum absolute atomic E-state index is 0.0540. The summed E-state index contributed by atoms with van der Waals surface area (Å²) in [6, 6.07) is 3.54. The lowest BCUT2D eigenvalue weighted by molar-refractivity contribution is 0.0123. The van der Waals surface area contributed by atoms with E-state index in [-0.39, 0.29) is 12.2 Å². The van der Waals surface area contributed by atoms with Gasteiger partial charge >= 0.3 is 6.09 Å². The number of ether oxygens (including phenoxy) is 3. The minimum atomic E-state index is -0.463. The summed E-state index contributed by atoms with van der Waals surface area (Å²) in [5.41, 5.74) is -0.463. The predicted octanol–water partition coefficient (Wildman–Crippen LogP) is 2.87. The van der Waals surface area contributed by atoms with E-state index in [0.717, 1.165) is 18.6 Å². The second kappa shape index (κ2) is 6.85. The first-order valence-corrected chi connectivity index (χ1v) is 7.52. The Morgan fingerprint density at radius 3 is 2.59 bits per heavy atom. The van der Waals surface area contributed by atoms with Crippen LogP contribution in [0.1, 0.15) is 33.6 Å². The number of hydrogen-bond donors (Lipinski definition) is 0. The number of amides is 1. The molecular weight excluding hydrogens is 284 g/mol. The number of carbonyl (C=O) groups excluding carboxylic acids is 1. The fraction of sp³-hybridized carbons (Fsp3) is 0.625. The van der Waals surface area contributed by atoms with Gasteiger partial charge in [0.2, 0.25) is 5.88 Å². The molecule has 1 aliphatic rings. The SMILES string of the molecule is COc1ccnc(OC2CCN(C(=O)OC(C)(C)C)CC2)c1. The quantitative estimate of drug-likeness (QED) is 0.859. The fourth-order valence-electron chi connectivity index (χ4n) is 2.24. The molecule has 0 aliphatic carbocycles. The van der Waals surface area contributed by atoms with E-state index in [1.165, 1.54) is 0 Å². The summed E-state index contributed by atoms with van der Waals surface area (Å²) in [4.78, 5) is 17.9.